The van der Waals surface area contributed by atoms with Gasteiger partial charge in [0.2, 0.25) is 5.91 Å². The largest absolute Gasteiger partial charge is 0.382 e. The van der Waals surface area contributed by atoms with Crippen LogP contribution >= 0.6 is 11.3 Å². The van der Waals surface area contributed by atoms with Crippen molar-refractivity contribution in [3.63, 3.8) is 0 Å². The first-order valence-electron chi connectivity index (χ1n) is 8.57. The third-order valence-corrected chi connectivity index (χ3v) is 6.01. The fourth-order valence-corrected chi connectivity index (χ4v) is 4.58. The number of ether oxygens (including phenoxy) is 1. The number of nitrogens with one attached hydrogen (secondary N) is 1. The van der Waals surface area contributed by atoms with E-state index in [0.29, 0.717) is 24.8 Å². The molecule has 0 aromatic carbocycles. The van der Waals surface area contributed by atoms with E-state index in [-0.39, 0.29) is 17.1 Å². The predicted octanol–water partition coefficient (Wildman–Crippen LogP) is 3.59. The Morgan fingerprint density at radius 2 is 2.09 bits per heavy atom. The number of nitrogens with zero attached hydrogens (tertiary/aromatic N) is 1. The second-order valence-corrected chi connectivity index (χ2v) is 7.46. The molecule has 0 atom stereocenters. The highest BCUT2D eigenvalue weighted by Gasteiger charge is 2.41. The molecule has 126 valence electrons. The molecule has 0 radical (unpaired) electrons. The van der Waals surface area contributed by atoms with Gasteiger partial charge in [-0.1, -0.05) is 24.2 Å². The molecule has 0 saturated heterocycles. The van der Waals surface area contributed by atoms with Gasteiger partial charge in [0.25, 0.3) is 0 Å². The Morgan fingerprint density at radius 1 is 1.30 bits per heavy atom. The van der Waals surface area contributed by atoms with Gasteiger partial charge in [0.1, 0.15) is 0 Å². The molecule has 1 N–H and O–H groups in total. The summed E-state index contributed by atoms with van der Waals surface area (Å²) < 4.78 is 5.46. The number of aryl methyl sites for hydroxylation is 1. The van der Waals surface area contributed by atoms with Gasteiger partial charge in [0.15, 0.2) is 10.9 Å². The highest BCUT2D eigenvalue weighted by Crippen LogP contribution is 2.42. The van der Waals surface area contributed by atoms with Crippen molar-refractivity contribution in [1.29, 1.82) is 0 Å². The van der Waals surface area contributed by atoms with E-state index in [9.17, 15) is 9.59 Å². The van der Waals surface area contributed by atoms with Crippen molar-refractivity contribution in [2.75, 3.05) is 18.5 Å². The summed E-state index contributed by atoms with van der Waals surface area (Å²) in [6.07, 6.45) is 7.06. The summed E-state index contributed by atoms with van der Waals surface area (Å²) >= 11 is 1.33. The van der Waals surface area contributed by atoms with Crippen LogP contribution in [0.1, 0.15) is 67.2 Å². The smallest absolute Gasteiger partial charge is 0.232 e. The molecule has 1 amide bonds. The van der Waals surface area contributed by atoms with Crippen LogP contribution in [-0.4, -0.2) is 29.9 Å². The molecule has 0 unspecified atom stereocenters. The zero-order valence-electron chi connectivity index (χ0n) is 13.7. The average Bonchev–Trinajstić information content (AvgIpc) is 3.16. The molecule has 1 fully saturated rings. The van der Waals surface area contributed by atoms with E-state index in [2.05, 4.69) is 10.3 Å². The molecule has 1 heterocycles. The lowest BCUT2D eigenvalue weighted by atomic mass is 9.82. The van der Waals surface area contributed by atoms with Gasteiger partial charge in [-0.15, -0.1) is 0 Å². The second-order valence-electron chi connectivity index (χ2n) is 6.46. The van der Waals surface area contributed by atoms with Crippen LogP contribution in [0.5, 0.6) is 0 Å². The molecule has 2 aliphatic carbocycles. The molecule has 0 aliphatic heterocycles. The average molecular weight is 336 g/mol. The number of thiazole rings is 1. The lowest BCUT2D eigenvalue weighted by Gasteiger charge is -2.26. The van der Waals surface area contributed by atoms with E-state index in [0.717, 1.165) is 55.5 Å². The summed E-state index contributed by atoms with van der Waals surface area (Å²) in [6.45, 7) is 3.27. The topological polar surface area (TPSA) is 68.3 Å². The van der Waals surface area contributed by atoms with E-state index in [4.69, 9.17) is 4.74 Å². The number of anilines is 1. The Bertz CT molecular complexity index is 591. The fraction of sp³-hybridized carbons (Fsp3) is 0.706. The Hall–Kier alpha value is -1.27. The lowest BCUT2D eigenvalue weighted by Crippen LogP contribution is -2.35. The van der Waals surface area contributed by atoms with E-state index >= 15 is 0 Å². The van der Waals surface area contributed by atoms with Gasteiger partial charge in [-0.3, -0.25) is 9.59 Å². The van der Waals surface area contributed by atoms with Crippen molar-refractivity contribution in [3.05, 3.63) is 10.6 Å². The molecule has 1 saturated carbocycles. The van der Waals surface area contributed by atoms with Crippen molar-refractivity contribution in [2.45, 2.75) is 58.3 Å². The van der Waals surface area contributed by atoms with Crippen LogP contribution in [0, 0.1) is 5.41 Å². The van der Waals surface area contributed by atoms with Gasteiger partial charge in [0.05, 0.1) is 16.0 Å². The van der Waals surface area contributed by atoms with Crippen LogP contribution < -0.4 is 5.32 Å². The third kappa shape index (κ3) is 3.48. The first kappa shape index (κ1) is 16.6. The molecule has 0 spiro atoms. The SMILES string of the molecule is CCOCCC1(C(=O)Nc2nc3c(s2)C(=O)CCC3)CCCC1. The standard InChI is InChI=1S/C17H24N2O3S/c1-2-22-11-10-17(8-3-4-9-17)15(21)19-16-18-12-6-5-7-13(20)14(12)23-16/h2-11H2,1H3,(H,18,19,21). The minimum Gasteiger partial charge on any atom is -0.382 e. The summed E-state index contributed by atoms with van der Waals surface area (Å²) in [5, 5.41) is 3.57. The maximum atomic E-state index is 12.8. The number of carbonyl (C=O) groups excluding carboxylic acids is 2. The summed E-state index contributed by atoms with van der Waals surface area (Å²) in [5.74, 6) is 0.212. The number of ketones is 1. The minimum atomic E-state index is -0.328. The van der Waals surface area contributed by atoms with Crippen LogP contribution in [0.15, 0.2) is 0 Å². The number of hydrogen-bond acceptors (Lipinski definition) is 5. The summed E-state index contributed by atoms with van der Waals surface area (Å²) in [5.41, 5.74) is 0.530. The number of amides is 1. The fourth-order valence-electron chi connectivity index (χ4n) is 3.61. The molecule has 1 aromatic heterocycles. The molecule has 0 bridgehead atoms. The highest BCUT2D eigenvalue weighted by molar-refractivity contribution is 7.17. The van der Waals surface area contributed by atoms with Gasteiger partial charge in [-0.05, 0) is 39.0 Å². The van der Waals surface area contributed by atoms with Gasteiger partial charge in [0, 0.05) is 19.6 Å². The van der Waals surface area contributed by atoms with Gasteiger partial charge < -0.3 is 10.1 Å². The predicted molar refractivity (Wildman–Crippen MR) is 90.0 cm³/mol. The molecule has 3 rings (SSSR count). The van der Waals surface area contributed by atoms with Crippen LogP contribution in [0.25, 0.3) is 0 Å². The number of hydrogen-bond donors (Lipinski definition) is 1. The summed E-state index contributed by atoms with van der Waals surface area (Å²) in [7, 11) is 0. The molecular formula is C17H24N2O3S. The molecule has 5 nitrogen and oxygen atoms in total. The second kappa shape index (κ2) is 7.09. The van der Waals surface area contributed by atoms with E-state index in [1.54, 1.807) is 0 Å². The Morgan fingerprint density at radius 3 is 2.78 bits per heavy atom. The van der Waals surface area contributed by atoms with Crippen molar-refractivity contribution in [2.24, 2.45) is 5.41 Å². The number of carbonyl (C=O) groups is 2. The third-order valence-electron chi connectivity index (χ3n) is 4.96. The monoisotopic (exact) mass is 336 g/mol. The van der Waals surface area contributed by atoms with E-state index < -0.39 is 0 Å². The summed E-state index contributed by atoms with van der Waals surface area (Å²) in [6, 6.07) is 0. The molecule has 23 heavy (non-hydrogen) atoms. The number of Topliss-reactive ketones (excluding diaryl/α,β-unsaturated/α-hetero) is 1. The zero-order chi connectivity index (χ0) is 16.3. The van der Waals surface area contributed by atoms with Crippen molar-refractivity contribution in [1.82, 2.24) is 4.98 Å². The van der Waals surface area contributed by atoms with E-state index in [1.165, 1.54) is 11.3 Å². The lowest BCUT2D eigenvalue weighted by molar-refractivity contribution is -0.126. The van der Waals surface area contributed by atoms with Crippen molar-refractivity contribution >= 4 is 28.2 Å². The molecule has 2 aliphatic rings. The molecule has 1 aromatic rings. The summed E-state index contributed by atoms with van der Waals surface area (Å²) in [4.78, 5) is 30.0. The van der Waals surface area contributed by atoms with Gasteiger partial charge in [-0.2, -0.15) is 0 Å². The number of rotatable bonds is 6. The van der Waals surface area contributed by atoms with Crippen LogP contribution in [0.3, 0.4) is 0 Å². The minimum absolute atomic E-state index is 0.0493. The maximum Gasteiger partial charge on any atom is 0.232 e. The maximum absolute atomic E-state index is 12.8. The Balaban J connectivity index is 1.70. The quantitative estimate of drug-likeness (QED) is 0.806. The zero-order valence-corrected chi connectivity index (χ0v) is 14.5. The van der Waals surface area contributed by atoms with Crippen LogP contribution in [0.2, 0.25) is 0 Å². The normalized spacial score (nSPS) is 19.6. The number of fused-ring (bicyclic) bond motifs is 1. The Labute approximate surface area is 140 Å². The van der Waals surface area contributed by atoms with Crippen LogP contribution in [-0.2, 0) is 16.0 Å². The van der Waals surface area contributed by atoms with E-state index in [1.807, 2.05) is 6.92 Å². The number of aromatic nitrogens is 1. The van der Waals surface area contributed by atoms with Crippen molar-refractivity contribution < 1.29 is 14.3 Å². The van der Waals surface area contributed by atoms with Crippen LogP contribution in [0.4, 0.5) is 5.13 Å². The first-order valence-corrected chi connectivity index (χ1v) is 9.38. The highest BCUT2D eigenvalue weighted by atomic mass is 32.1. The molecular weight excluding hydrogens is 312 g/mol. The van der Waals surface area contributed by atoms with Crippen molar-refractivity contribution in [3.8, 4) is 0 Å². The van der Waals surface area contributed by atoms with Gasteiger partial charge >= 0.3 is 0 Å². The van der Waals surface area contributed by atoms with Gasteiger partial charge in [-0.25, -0.2) is 4.98 Å². The Kier molecular flexibility index (Phi) is 5.11. The molecule has 6 heteroatoms. The first-order chi connectivity index (χ1) is 11.1.